The first-order valence-corrected chi connectivity index (χ1v) is 12.1. The van der Waals surface area contributed by atoms with Crippen molar-refractivity contribution in [1.82, 2.24) is 25.0 Å². The average Bonchev–Trinajstić information content (AvgIpc) is 3.27. The topological polar surface area (TPSA) is 95.3 Å². The van der Waals surface area contributed by atoms with Gasteiger partial charge >= 0.3 is 0 Å². The number of nitrogens with one attached hydrogen (secondary N) is 1. The van der Waals surface area contributed by atoms with Crippen molar-refractivity contribution in [1.29, 1.82) is 0 Å². The number of aromatic amines is 1. The van der Waals surface area contributed by atoms with Crippen molar-refractivity contribution in [2.45, 2.75) is 38.1 Å². The van der Waals surface area contributed by atoms with Crippen LogP contribution in [0.1, 0.15) is 53.3 Å². The average molecular weight is 488 g/mol. The van der Waals surface area contributed by atoms with E-state index in [4.69, 9.17) is 9.40 Å². The van der Waals surface area contributed by atoms with Gasteiger partial charge in [-0.25, -0.2) is 9.37 Å². The highest BCUT2D eigenvalue weighted by atomic mass is 19.1. The summed E-state index contributed by atoms with van der Waals surface area (Å²) in [5, 5.41) is 6.56. The molecule has 1 aliphatic heterocycles. The number of piperazine rings is 1. The SMILES string of the molecule is C[C@H]1CN(C(=O)c2cc3nc(-c4ccc(F)cc4)cc(C4(C)CC4)c3o2)CCN1C(=O)c1ccn[nH]1. The molecule has 2 aliphatic rings. The van der Waals surface area contributed by atoms with Crippen LogP contribution in [0.25, 0.3) is 22.4 Å². The molecule has 8 nitrogen and oxygen atoms in total. The highest BCUT2D eigenvalue weighted by molar-refractivity contribution is 5.97. The van der Waals surface area contributed by atoms with Crippen molar-refractivity contribution < 1.29 is 18.4 Å². The number of fused-ring (bicyclic) bond motifs is 1. The monoisotopic (exact) mass is 487 g/mol. The Kier molecular flexibility index (Phi) is 5.17. The molecule has 0 spiro atoms. The number of amides is 2. The number of carbonyl (C=O) groups excluding carboxylic acids is 2. The number of nitrogens with zero attached hydrogens (tertiary/aromatic N) is 4. The summed E-state index contributed by atoms with van der Waals surface area (Å²) in [6, 6.07) is 11.4. The number of hydrogen-bond acceptors (Lipinski definition) is 5. The summed E-state index contributed by atoms with van der Waals surface area (Å²) in [4.78, 5) is 34.4. The summed E-state index contributed by atoms with van der Waals surface area (Å²) in [5.74, 6) is -0.412. The molecule has 4 aromatic rings. The summed E-state index contributed by atoms with van der Waals surface area (Å²) in [6.07, 6.45) is 3.61. The minimum Gasteiger partial charge on any atom is -0.449 e. The van der Waals surface area contributed by atoms with Gasteiger partial charge in [0.05, 0.1) is 5.69 Å². The largest absolute Gasteiger partial charge is 0.449 e. The Labute approximate surface area is 207 Å². The Balaban J connectivity index is 1.29. The number of halogens is 1. The molecule has 0 radical (unpaired) electrons. The lowest BCUT2D eigenvalue weighted by atomic mass is 9.96. The molecule has 36 heavy (non-hydrogen) atoms. The van der Waals surface area contributed by atoms with Gasteiger partial charge in [0, 0.05) is 49.1 Å². The second kappa shape index (κ2) is 8.29. The zero-order valence-corrected chi connectivity index (χ0v) is 20.1. The van der Waals surface area contributed by atoms with Crippen LogP contribution in [-0.4, -0.2) is 62.5 Å². The third-order valence-electron chi connectivity index (χ3n) is 7.39. The van der Waals surface area contributed by atoms with E-state index in [1.54, 1.807) is 40.3 Å². The van der Waals surface area contributed by atoms with Crippen LogP contribution in [0.2, 0.25) is 0 Å². The molecule has 0 bridgehead atoms. The zero-order valence-electron chi connectivity index (χ0n) is 20.1. The second-order valence-corrected chi connectivity index (χ2v) is 10.0. The first kappa shape index (κ1) is 22.5. The van der Waals surface area contributed by atoms with E-state index in [9.17, 15) is 14.0 Å². The first-order valence-electron chi connectivity index (χ1n) is 12.1. The van der Waals surface area contributed by atoms with Gasteiger partial charge in [0.2, 0.25) is 0 Å². The van der Waals surface area contributed by atoms with E-state index in [2.05, 4.69) is 17.1 Å². The molecule has 2 fully saturated rings. The smallest absolute Gasteiger partial charge is 0.289 e. The quantitative estimate of drug-likeness (QED) is 0.461. The summed E-state index contributed by atoms with van der Waals surface area (Å²) in [6.45, 7) is 5.32. The van der Waals surface area contributed by atoms with Crippen LogP contribution in [0.5, 0.6) is 0 Å². The summed E-state index contributed by atoms with van der Waals surface area (Å²) >= 11 is 0. The van der Waals surface area contributed by atoms with E-state index in [1.807, 2.05) is 13.0 Å². The summed E-state index contributed by atoms with van der Waals surface area (Å²) in [5.41, 5.74) is 4.21. The van der Waals surface area contributed by atoms with E-state index >= 15 is 0 Å². The Bertz CT molecular complexity index is 1460. The maximum absolute atomic E-state index is 13.5. The second-order valence-electron chi connectivity index (χ2n) is 10.0. The lowest BCUT2D eigenvalue weighted by Gasteiger charge is -2.39. The third-order valence-corrected chi connectivity index (χ3v) is 7.39. The molecule has 1 saturated heterocycles. The molecule has 1 atom stereocenters. The number of carbonyl (C=O) groups is 2. The zero-order chi connectivity index (χ0) is 25.0. The number of hydrogen-bond donors (Lipinski definition) is 1. The lowest BCUT2D eigenvalue weighted by Crippen LogP contribution is -2.55. The van der Waals surface area contributed by atoms with Crippen LogP contribution in [0.15, 0.2) is 53.1 Å². The maximum Gasteiger partial charge on any atom is 0.289 e. The Hall–Kier alpha value is -4.01. The number of rotatable bonds is 4. The molecular weight excluding hydrogens is 461 g/mol. The van der Waals surface area contributed by atoms with E-state index in [-0.39, 0.29) is 34.8 Å². The Morgan fingerprint density at radius 2 is 1.89 bits per heavy atom. The molecule has 9 heteroatoms. The summed E-state index contributed by atoms with van der Waals surface area (Å²) in [7, 11) is 0. The molecular formula is C27H26FN5O3. The molecule has 6 rings (SSSR count). The predicted molar refractivity (Wildman–Crippen MR) is 131 cm³/mol. The van der Waals surface area contributed by atoms with Gasteiger partial charge in [0.25, 0.3) is 11.8 Å². The van der Waals surface area contributed by atoms with Gasteiger partial charge in [0.15, 0.2) is 11.3 Å². The highest BCUT2D eigenvalue weighted by Gasteiger charge is 2.42. The minimum atomic E-state index is -0.300. The normalized spacial score (nSPS) is 19.0. The van der Waals surface area contributed by atoms with Gasteiger partial charge in [0.1, 0.15) is 17.0 Å². The van der Waals surface area contributed by atoms with Crippen molar-refractivity contribution in [3.63, 3.8) is 0 Å². The van der Waals surface area contributed by atoms with Crippen molar-refractivity contribution in [2.24, 2.45) is 0 Å². The van der Waals surface area contributed by atoms with Gasteiger partial charge in [-0.05, 0) is 61.6 Å². The van der Waals surface area contributed by atoms with Crippen molar-refractivity contribution in [3.8, 4) is 11.3 Å². The lowest BCUT2D eigenvalue weighted by molar-refractivity contribution is 0.0397. The van der Waals surface area contributed by atoms with Crippen LogP contribution in [0.3, 0.4) is 0 Å². The van der Waals surface area contributed by atoms with Crippen molar-refractivity contribution in [2.75, 3.05) is 19.6 Å². The number of pyridine rings is 1. The van der Waals surface area contributed by atoms with Gasteiger partial charge in [-0.3, -0.25) is 14.7 Å². The fourth-order valence-electron chi connectivity index (χ4n) is 4.93. The summed E-state index contributed by atoms with van der Waals surface area (Å²) < 4.78 is 19.6. The van der Waals surface area contributed by atoms with Crippen molar-refractivity contribution >= 4 is 22.9 Å². The molecule has 184 valence electrons. The molecule has 2 amide bonds. The van der Waals surface area contributed by atoms with Crippen LogP contribution in [0, 0.1) is 5.82 Å². The van der Waals surface area contributed by atoms with E-state index in [0.717, 1.165) is 29.7 Å². The first-order chi connectivity index (χ1) is 17.3. The Morgan fingerprint density at radius 3 is 2.56 bits per heavy atom. The number of H-pyrrole nitrogens is 1. The van der Waals surface area contributed by atoms with E-state index in [0.29, 0.717) is 36.4 Å². The van der Waals surface area contributed by atoms with Crippen molar-refractivity contribution in [3.05, 3.63) is 71.5 Å². The molecule has 1 saturated carbocycles. The van der Waals surface area contributed by atoms with E-state index in [1.165, 1.54) is 12.1 Å². The fraction of sp³-hybridized carbons (Fsp3) is 0.333. The van der Waals surface area contributed by atoms with Gasteiger partial charge < -0.3 is 14.2 Å². The molecule has 1 aromatic carbocycles. The molecule has 1 N–H and O–H groups in total. The molecule has 3 aromatic heterocycles. The highest BCUT2D eigenvalue weighted by Crippen LogP contribution is 2.50. The molecule has 4 heterocycles. The predicted octanol–water partition coefficient (Wildman–Crippen LogP) is 4.40. The van der Waals surface area contributed by atoms with Gasteiger partial charge in [-0.15, -0.1) is 0 Å². The maximum atomic E-state index is 13.5. The fourth-order valence-corrected chi connectivity index (χ4v) is 4.93. The Morgan fingerprint density at radius 1 is 1.11 bits per heavy atom. The standard InChI is InChI=1S/C27H26FN5O3/c1-16-15-32(11-12-33(16)25(34)20-7-10-29-31-20)26(35)23-14-22-24(36-23)19(27(2)8-9-27)13-21(30-22)17-3-5-18(28)6-4-17/h3-7,10,13-14,16H,8-9,11-12,15H2,1-2H3,(H,29,31)/t16-/m0/s1. The van der Waals surface area contributed by atoms with E-state index < -0.39 is 0 Å². The number of aromatic nitrogens is 3. The number of benzene rings is 1. The van der Waals surface area contributed by atoms with Crippen LogP contribution < -0.4 is 0 Å². The van der Waals surface area contributed by atoms with Crippen LogP contribution >= 0.6 is 0 Å². The number of furan rings is 1. The minimum absolute atomic E-state index is 0.0265. The molecule has 0 unspecified atom stereocenters. The van der Waals surface area contributed by atoms with Crippen LogP contribution in [0.4, 0.5) is 4.39 Å². The third kappa shape index (κ3) is 3.84. The van der Waals surface area contributed by atoms with Crippen LogP contribution in [-0.2, 0) is 5.41 Å². The molecule has 1 aliphatic carbocycles. The van der Waals surface area contributed by atoms with Gasteiger partial charge in [-0.2, -0.15) is 5.10 Å². The van der Waals surface area contributed by atoms with Gasteiger partial charge in [-0.1, -0.05) is 6.92 Å².